The molecule has 1 saturated heterocycles. The quantitative estimate of drug-likeness (QED) is 0.569. The number of aromatic nitrogens is 2. The highest BCUT2D eigenvalue weighted by molar-refractivity contribution is 8.00. The van der Waals surface area contributed by atoms with Crippen LogP contribution < -0.4 is 5.56 Å². The molecule has 4 rings (SSSR count). The van der Waals surface area contributed by atoms with Crippen LogP contribution in [0.1, 0.15) is 31.0 Å². The maximum absolute atomic E-state index is 13.1. The van der Waals surface area contributed by atoms with Gasteiger partial charge >= 0.3 is 0 Å². The van der Waals surface area contributed by atoms with Crippen molar-refractivity contribution in [3.8, 4) is 0 Å². The van der Waals surface area contributed by atoms with Crippen LogP contribution in [-0.2, 0) is 17.8 Å². The van der Waals surface area contributed by atoms with Crippen LogP contribution in [0.4, 0.5) is 0 Å². The number of hydrogen-bond acceptors (Lipinski definition) is 5. The number of rotatable bonds is 5. The van der Waals surface area contributed by atoms with Crippen LogP contribution in [-0.4, -0.2) is 44.5 Å². The maximum Gasteiger partial charge on any atom is 0.268 e. The van der Waals surface area contributed by atoms with E-state index in [0.717, 1.165) is 48.5 Å². The average molecular weight is 402 g/mol. The first-order valence-corrected chi connectivity index (χ1v) is 11.2. The highest BCUT2D eigenvalue weighted by Gasteiger charge is 2.27. The van der Waals surface area contributed by atoms with Gasteiger partial charge in [-0.1, -0.05) is 49.0 Å². The fourth-order valence-corrected chi connectivity index (χ4v) is 5.56. The van der Waals surface area contributed by atoms with Crippen LogP contribution in [0.3, 0.4) is 0 Å². The Kier molecular flexibility index (Phi) is 5.59. The van der Waals surface area contributed by atoms with Crippen LogP contribution in [0.25, 0.3) is 0 Å². The molecule has 0 bridgehead atoms. The lowest BCUT2D eigenvalue weighted by Crippen LogP contribution is -2.30. The van der Waals surface area contributed by atoms with Crippen LogP contribution in [0.15, 0.2) is 45.2 Å². The van der Waals surface area contributed by atoms with E-state index in [9.17, 15) is 9.59 Å². The molecule has 5 nitrogen and oxygen atoms in total. The van der Waals surface area contributed by atoms with E-state index in [1.54, 1.807) is 16.3 Å². The van der Waals surface area contributed by atoms with Crippen molar-refractivity contribution in [3.05, 3.63) is 51.9 Å². The lowest BCUT2D eigenvalue weighted by Gasteiger charge is -2.16. The second-order valence-electron chi connectivity index (χ2n) is 7.06. The first-order valence-electron chi connectivity index (χ1n) is 9.36. The van der Waals surface area contributed by atoms with Gasteiger partial charge in [0.25, 0.3) is 5.56 Å². The monoisotopic (exact) mass is 401 g/mol. The van der Waals surface area contributed by atoms with Gasteiger partial charge in [-0.25, -0.2) is 4.98 Å². The minimum atomic E-state index is 0.0225. The van der Waals surface area contributed by atoms with Gasteiger partial charge in [-0.3, -0.25) is 14.2 Å². The molecule has 1 amide bonds. The van der Waals surface area contributed by atoms with Crippen molar-refractivity contribution in [2.45, 2.75) is 48.0 Å². The minimum absolute atomic E-state index is 0.0225. The number of thioether (sulfide) groups is 2. The highest BCUT2D eigenvalue weighted by Crippen LogP contribution is 2.34. The Bertz CT molecular complexity index is 892. The standard InChI is InChI=1S/C20H23N3O2S2/c1-14-11-16-18(27-14)19(25)23(12-15-7-3-2-4-8-15)20(21-16)26-13-17(24)22-9-5-6-10-22/h2-4,7-8,14H,5-6,9-13H2,1H3/t14-/m1/s1. The molecule has 7 heteroatoms. The number of amides is 1. The number of fused-ring (bicyclic) bond motifs is 1. The fraction of sp³-hybridized carbons (Fsp3) is 0.450. The molecule has 0 unspecified atom stereocenters. The molecule has 27 heavy (non-hydrogen) atoms. The molecule has 0 spiro atoms. The lowest BCUT2D eigenvalue weighted by molar-refractivity contribution is -0.127. The summed E-state index contributed by atoms with van der Waals surface area (Å²) in [4.78, 5) is 33.1. The van der Waals surface area contributed by atoms with E-state index in [4.69, 9.17) is 4.98 Å². The molecular weight excluding hydrogens is 378 g/mol. The van der Waals surface area contributed by atoms with E-state index >= 15 is 0 Å². The molecule has 0 saturated carbocycles. The lowest BCUT2D eigenvalue weighted by atomic mass is 10.2. The van der Waals surface area contributed by atoms with Crippen molar-refractivity contribution in [1.29, 1.82) is 0 Å². The zero-order valence-electron chi connectivity index (χ0n) is 15.4. The number of hydrogen-bond donors (Lipinski definition) is 0. The third kappa shape index (κ3) is 4.09. The van der Waals surface area contributed by atoms with Crippen molar-refractivity contribution < 1.29 is 4.79 Å². The Labute approximate surface area is 167 Å². The van der Waals surface area contributed by atoms with E-state index in [1.807, 2.05) is 35.2 Å². The zero-order chi connectivity index (χ0) is 18.8. The number of carbonyl (C=O) groups is 1. The zero-order valence-corrected chi connectivity index (χ0v) is 17.0. The number of nitrogens with zero attached hydrogens (tertiary/aromatic N) is 3. The van der Waals surface area contributed by atoms with Crippen molar-refractivity contribution in [2.24, 2.45) is 0 Å². The molecule has 1 aromatic heterocycles. The Balaban J connectivity index is 1.62. The average Bonchev–Trinajstić information content (AvgIpc) is 3.33. The maximum atomic E-state index is 13.1. The Morgan fingerprint density at radius 3 is 2.74 bits per heavy atom. The topological polar surface area (TPSA) is 55.2 Å². The molecule has 2 aliphatic rings. The minimum Gasteiger partial charge on any atom is -0.342 e. The van der Waals surface area contributed by atoms with Gasteiger partial charge < -0.3 is 4.90 Å². The first-order chi connectivity index (χ1) is 13.1. The summed E-state index contributed by atoms with van der Waals surface area (Å²) in [6.07, 6.45) is 2.98. The van der Waals surface area contributed by atoms with Gasteiger partial charge in [0.2, 0.25) is 5.91 Å². The third-order valence-corrected chi connectivity index (χ3v) is 7.11. The van der Waals surface area contributed by atoms with Crippen LogP contribution in [0.2, 0.25) is 0 Å². The van der Waals surface area contributed by atoms with E-state index in [2.05, 4.69) is 6.92 Å². The van der Waals surface area contributed by atoms with Gasteiger partial charge in [0.15, 0.2) is 5.16 Å². The van der Waals surface area contributed by atoms with Crippen LogP contribution in [0.5, 0.6) is 0 Å². The van der Waals surface area contributed by atoms with Gasteiger partial charge in [-0.15, -0.1) is 11.8 Å². The largest absolute Gasteiger partial charge is 0.342 e. The van der Waals surface area contributed by atoms with Gasteiger partial charge in [-0.05, 0) is 18.4 Å². The Hall–Kier alpha value is -1.73. The van der Waals surface area contributed by atoms with Crippen LogP contribution >= 0.6 is 23.5 Å². The Morgan fingerprint density at radius 1 is 1.26 bits per heavy atom. The van der Waals surface area contributed by atoms with Gasteiger partial charge in [0.1, 0.15) is 0 Å². The van der Waals surface area contributed by atoms with E-state index < -0.39 is 0 Å². The summed E-state index contributed by atoms with van der Waals surface area (Å²) in [7, 11) is 0. The van der Waals surface area contributed by atoms with Gasteiger partial charge in [0.05, 0.1) is 22.9 Å². The molecule has 0 radical (unpaired) electrons. The van der Waals surface area contributed by atoms with Crippen molar-refractivity contribution in [3.63, 3.8) is 0 Å². The number of carbonyl (C=O) groups excluding carboxylic acids is 1. The van der Waals surface area contributed by atoms with Gasteiger partial charge in [0, 0.05) is 24.8 Å². The molecule has 0 aliphatic carbocycles. The summed E-state index contributed by atoms with van der Waals surface area (Å²) >= 11 is 3.01. The molecule has 1 aromatic carbocycles. The molecule has 1 atom stereocenters. The summed E-state index contributed by atoms with van der Waals surface area (Å²) in [5.74, 6) is 0.476. The fourth-order valence-electron chi connectivity index (χ4n) is 3.53. The van der Waals surface area contributed by atoms with Crippen molar-refractivity contribution in [1.82, 2.24) is 14.5 Å². The highest BCUT2D eigenvalue weighted by atomic mass is 32.2. The van der Waals surface area contributed by atoms with Crippen molar-refractivity contribution in [2.75, 3.05) is 18.8 Å². The predicted octanol–water partition coefficient (Wildman–Crippen LogP) is 3.04. The smallest absolute Gasteiger partial charge is 0.268 e. The molecular formula is C20H23N3O2S2. The number of benzene rings is 1. The van der Waals surface area contributed by atoms with Gasteiger partial charge in [-0.2, -0.15) is 0 Å². The normalized spacial score (nSPS) is 18.7. The van der Waals surface area contributed by atoms with E-state index in [0.29, 0.717) is 22.7 Å². The molecule has 3 heterocycles. The molecule has 2 aliphatic heterocycles. The van der Waals surface area contributed by atoms with Crippen LogP contribution in [0, 0.1) is 0 Å². The Morgan fingerprint density at radius 2 is 2.00 bits per heavy atom. The molecule has 1 fully saturated rings. The second-order valence-corrected chi connectivity index (χ2v) is 9.45. The third-order valence-electron chi connectivity index (χ3n) is 4.93. The summed E-state index contributed by atoms with van der Waals surface area (Å²) in [6.45, 7) is 4.30. The molecule has 0 N–H and O–H groups in total. The summed E-state index contributed by atoms with van der Waals surface area (Å²) < 4.78 is 1.74. The summed E-state index contributed by atoms with van der Waals surface area (Å²) in [5, 5.41) is 1.03. The van der Waals surface area contributed by atoms with E-state index in [-0.39, 0.29) is 11.5 Å². The molecule has 142 valence electrons. The molecule has 2 aromatic rings. The predicted molar refractivity (Wildman–Crippen MR) is 110 cm³/mol. The number of likely N-dealkylation sites (tertiary alicyclic amines) is 1. The summed E-state index contributed by atoms with van der Waals surface area (Å²) in [5.41, 5.74) is 1.97. The van der Waals surface area contributed by atoms with E-state index in [1.165, 1.54) is 11.8 Å². The first kappa shape index (κ1) is 18.6. The summed E-state index contributed by atoms with van der Waals surface area (Å²) in [6, 6.07) is 9.94. The SMILES string of the molecule is C[C@@H]1Cc2nc(SCC(=O)N3CCCC3)n(Cc3ccccc3)c(=O)c2S1. The second kappa shape index (κ2) is 8.10. The van der Waals surface area contributed by atoms with Crippen molar-refractivity contribution >= 4 is 29.4 Å².